The van der Waals surface area contributed by atoms with Crippen molar-refractivity contribution in [1.82, 2.24) is 0 Å². The molecule has 2 N–H and O–H groups in total. The summed E-state index contributed by atoms with van der Waals surface area (Å²) < 4.78 is 22.6. The van der Waals surface area contributed by atoms with Crippen molar-refractivity contribution < 1.29 is 18.0 Å². The van der Waals surface area contributed by atoms with Crippen LogP contribution < -0.4 is 10.0 Å². The van der Waals surface area contributed by atoms with Gasteiger partial charge in [0.2, 0.25) is 21.8 Å². The summed E-state index contributed by atoms with van der Waals surface area (Å²) in [6, 6.07) is 10.0. The van der Waals surface area contributed by atoms with Gasteiger partial charge in [0.25, 0.3) is 0 Å². The van der Waals surface area contributed by atoms with E-state index in [2.05, 4.69) is 0 Å². The maximum Gasteiger partial charge on any atom is 0.241 e. The van der Waals surface area contributed by atoms with Crippen LogP contribution in [0.25, 0.3) is 0 Å². The number of halogens is 2. The van der Waals surface area contributed by atoms with Gasteiger partial charge in [-0.05, 0) is 42.0 Å². The Labute approximate surface area is 154 Å². The Morgan fingerprint density at radius 2 is 1.64 bits per heavy atom. The minimum atomic E-state index is -3.85. The summed E-state index contributed by atoms with van der Waals surface area (Å²) in [5.74, 6) is -1.46. The highest BCUT2D eigenvalue weighted by Gasteiger charge is 2.40. The van der Waals surface area contributed by atoms with Crippen molar-refractivity contribution in [2.75, 3.05) is 4.90 Å². The second-order valence-electron chi connectivity index (χ2n) is 5.54. The molecule has 1 unspecified atom stereocenters. The highest BCUT2D eigenvalue weighted by Crippen LogP contribution is 2.35. The fourth-order valence-electron chi connectivity index (χ4n) is 2.68. The van der Waals surface area contributed by atoms with Gasteiger partial charge < -0.3 is 0 Å². The van der Waals surface area contributed by atoms with Gasteiger partial charge in [-0.15, -0.1) is 0 Å². The van der Waals surface area contributed by atoms with Gasteiger partial charge in [-0.1, -0.05) is 29.3 Å². The Morgan fingerprint density at radius 1 is 1.00 bits per heavy atom. The molecule has 2 aromatic carbocycles. The zero-order chi connectivity index (χ0) is 18.4. The topological polar surface area (TPSA) is 97.5 Å². The Balaban J connectivity index is 1.92. The SMILES string of the molecule is NS(=O)(=O)c1ccc(N2C(=O)CC(c3ccc(Cl)c(Cl)c3)C2=O)cc1. The highest BCUT2D eigenvalue weighted by atomic mass is 35.5. The molecule has 2 aromatic rings. The number of carbonyl (C=O) groups is 2. The molecule has 9 heteroatoms. The second kappa shape index (κ2) is 6.42. The Kier molecular flexibility index (Phi) is 4.59. The maximum absolute atomic E-state index is 12.7. The molecule has 0 radical (unpaired) electrons. The molecular weight excluding hydrogens is 387 g/mol. The van der Waals surface area contributed by atoms with Crippen LogP contribution >= 0.6 is 23.2 Å². The summed E-state index contributed by atoms with van der Waals surface area (Å²) in [6.07, 6.45) is -0.00622. The normalized spacial score (nSPS) is 18.0. The summed E-state index contributed by atoms with van der Waals surface area (Å²) in [7, 11) is -3.85. The number of benzene rings is 2. The first-order chi connectivity index (χ1) is 11.7. The molecular formula is C16H12Cl2N2O4S. The summed E-state index contributed by atoms with van der Waals surface area (Å²) in [4.78, 5) is 25.9. The zero-order valence-electron chi connectivity index (χ0n) is 12.6. The lowest BCUT2D eigenvalue weighted by Gasteiger charge is -2.15. The number of carbonyl (C=O) groups excluding carboxylic acids is 2. The molecule has 1 fully saturated rings. The van der Waals surface area contributed by atoms with E-state index in [9.17, 15) is 18.0 Å². The molecule has 0 saturated carbocycles. The minimum absolute atomic E-state index is 0.00622. The van der Waals surface area contributed by atoms with Gasteiger partial charge in [0.05, 0.1) is 26.5 Å². The van der Waals surface area contributed by atoms with Gasteiger partial charge in [-0.3, -0.25) is 14.5 Å². The fraction of sp³-hybridized carbons (Fsp3) is 0.125. The van der Waals surface area contributed by atoms with Crippen molar-refractivity contribution in [3.05, 3.63) is 58.1 Å². The minimum Gasteiger partial charge on any atom is -0.274 e. The molecule has 0 spiro atoms. The molecule has 1 atom stereocenters. The van der Waals surface area contributed by atoms with Crippen LogP contribution in [0.1, 0.15) is 17.9 Å². The van der Waals surface area contributed by atoms with E-state index in [4.69, 9.17) is 28.3 Å². The van der Waals surface area contributed by atoms with Gasteiger partial charge in [0.1, 0.15) is 0 Å². The van der Waals surface area contributed by atoms with Crippen molar-refractivity contribution in [2.45, 2.75) is 17.2 Å². The summed E-state index contributed by atoms with van der Waals surface area (Å²) >= 11 is 11.9. The van der Waals surface area contributed by atoms with Crippen molar-refractivity contribution >= 4 is 50.7 Å². The summed E-state index contributed by atoms with van der Waals surface area (Å²) in [5.41, 5.74) is 0.876. The van der Waals surface area contributed by atoms with E-state index in [0.717, 1.165) is 4.90 Å². The Bertz CT molecular complexity index is 974. The smallest absolute Gasteiger partial charge is 0.241 e. The third-order valence-corrected chi connectivity index (χ3v) is 5.58. The number of rotatable bonds is 3. The fourth-order valence-corrected chi connectivity index (χ4v) is 3.50. The van der Waals surface area contributed by atoms with Crippen molar-refractivity contribution in [3.63, 3.8) is 0 Å². The molecule has 6 nitrogen and oxygen atoms in total. The van der Waals surface area contributed by atoms with Crippen molar-refractivity contribution in [1.29, 1.82) is 0 Å². The van der Waals surface area contributed by atoms with Crippen molar-refractivity contribution in [3.8, 4) is 0 Å². The van der Waals surface area contributed by atoms with Crippen LogP contribution in [0.5, 0.6) is 0 Å². The van der Waals surface area contributed by atoms with E-state index in [1.54, 1.807) is 18.2 Å². The number of anilines is 1. The number of hydrogen-bond acceptors (Lipinski definition) is 4. The van der Waals surface area contributed by atoms with E-state index in [1.165, 1.54) is 24.3 Å². The van der Waals surface area contributed by atoms with Crippen molar-refractivity contribution in [2.24, 2.45) is 5.14 Å². The summed E-state index contributed by atoms with van der Waals surface area (Å²) in [6.45, 7) is 0. The third-order valence-electron chi connectivity index (χ3n) is 3.92. The molecule has 130 valence electrons. The average Bonchev–Trinajstić information content (AvgIpc) is 2.84. The molecule has 2 amide bonds. The van der Waals surface area contributed by atoms with Crippen LogP contribution in [-0.4, -0.2) is 20.2 Å². The zero-order valence-corrected chi connectivity index (χ0v) is 15.0. The number of amides is 2. The predicted octanol–water partition coefficient (Wildman–Crippen LogP) is 2.69. The Morgan fingerprint density at radius 3 is 2.20 bits per heavy atom. The molecule has 25 heavy (non-hydrogen) atoms. The van der Waals surface area contributed by atoms with E-state index >= 15 is 0 Å². The first-order valence-electron chi connectivity index (χ1n) is 7.13. The van der Waals surface area contributed by atoms with E-state index in [1.807, 2.05) is 0 Å². The Hall–Kier alpha value is -1.93. The third kappa shape index (κ3) is 3.41. The van der Waals surface area contributed by atoms with E-state index < -0.39 is 21.8 Å². The molecule has 1 heterocycles. The molecule has 3 rings (SSSR count). The standard InChI is InChI=1S/C16H12Cl2N2O4S/c17-13-6-1-9(7-14(13)18)12-8-15(21)20(16(12)22)10-2-4-11(5-3-10)25(19,23)24/h1-7,12H,8H2,(H2,19,23,24). The number of imide groups is 1. The van der Waals surface area contributed by atoms with Gasteiger partial charge in [-0.2, -0.15) is 0 Å². The molecule has 1 aliphatic heterocycles. The second-order valence-corrected chi connectivity index (χ2v) is 7.91. The lowest BCUT2D eigenvalue weighted by Crippen LogP contribution is -2.30. The first-order valence-corrected chi connectivity index (χ1v) is 9.43. The van der Waals surface area contributed by atoms with Crippen LogP contribution in [-0.2, 0) is 19.6 Å². The number of sulfonamides is 1. The van der Waals surface area contributed by atoms with Gasteiger partial charge in [0, 0.05) is 6.42 Å². The number of nitrogens with two attached hydrogens (primary N) is 1. The van der Waals surface area contributed by atoms with Crippen LogP contribution in [0, 0.1) is 0 Å². The molecule has 1 saturated heterocycles. The number of hydrogen-bond donors (Lipinski definition) is 1. The van der Waals surface area contributed by atoms with Crippen LogP contribution in [0.4, 0.5) is 5.69 Å². The molecule has 0 aromatic heterocycles. The quantitative estimate of drug-likeness (QED) is 0.803. The molecule has 0 aliphatic carbocycles. The monoisotopic (exact) mass is 398 g/mol. The first kappa shape index (κ1) is 17.9. The molecule has 0 bridgehead atoms. The van der Waals surface area contributed by atoms with E-state index in [0.29, 0.717) is 15.6 Å². The van der Waals surface area contributed by atoms with Crippen LogP contribution in [0.3, 0.4) is 0 Å². The van der Waals surface area contributed by atoms with Gasteiger partial charge >= 0.3 is 0 Å². The van der Waals surface area contributed by atoms with Gasteiger partial charge in [0.15, 0.2) is 0 Å². The maximum atomic E-state index is 12.7. The average molecular weight is 399 g/mol. The van der Waals surface area contributed by atoms with E-state index in [-0.39, 0.29) is 22.9 Å². The summed E-state index contributed by atoms with van der Waals surface area (Å²) in [5, 5.41) is 5.70. The molecule has 1 aliphatic rings. The lowest BCUT2D eigenvalue weighted by molar-refractivity contribution is -0.121. The predicted molar refractivity (Wildman–Crippen MR) is 94.1 cm³/mol. The number of nitrogens with zero attached hydrogens (tertiary/aromatic N) is 1. The van der Waals surface area contributed by atoms with Crippen LogP contribution in [0.15, 0.2) is 47.4 Å². The highest BCUT2D eigenvalue weighted by molar-refractivity contribution is 7.89. The van der Waals surface area contributed by atoms with Gasteiger partial charge in [-0.25, -0.2) is 13.6 Å². The lowest BCUT2D eigenvalue weighted by atomic mass is 9.98. The van der Waals surface area contributed by atoms with Crippen LogP contribution in [0.2, 0.25) is 10.0 Å². The largest absolute Gasteiger partial charge is 0.274 e. The number of primary sulfonamides is 1.